The maximum atomic E-state index is 12.0. The number of carbonyl (C=O) groups excluding carboxylic acids is 1. The Morgan fingerprint density at radius 2 is 1.32 bits per heavy atom. The van der Waals surface area contributed by atoms with Crippen molar-refractivity contribution in [2.75, 3.05) is 0 Å². The van der Waals surface area contributed by atoms with Gasteiger partial charge in [-0.15, -0.1) is 0 Å². The van der Waals surface area contributed by atoms with Crippen molar-refractivity contribution in [2.45, 2.75) is 110 Å². The van der Waals surface area contributed by atoms with Gasteiger partial charge in [0, 0.05) is 11.6 Å². The largest absolute Gasteiger partial charge is 0.420 e. The zero-order valence-corrected chi connectivity index (χ0v) is 21.4. The first-order valence-corrected chi connectivity index (χ1v) is 13.5. The molecule has 0 saturated carbocycles. The van der Waals surface area contributed by atoms with Crippen molar-refractivity contribution < 1.29 is 9.53 Å². The van der Waals surface area contributed by atoms with Gasteiger partial charge in [0.1, 0.15) is 0 Å². The monoisotopic (exact) mass is 464 g/mol. The summed E-state index contributed by atoms with van der Waals surface area (Å²) < 4.78 is 5.32. The fourth-order valence-corrected chi connectivity index (χ4v) is 4.00. The molecule has 186 valence electrons. The average Bonchev–Trinajstić information content (AvgIpc) is 2.86. The number of unbranched alkanes of at least 4 members (excludes halogenated alkanes) is 12. The Kier molecular flexibility index (Phi) is 14.6. The van der Waals surface area contributed by atoms with E-state index in [9.17, 15) is 4.79 Å². The normalized spacial score (nSPS) is 11.2. The molecule has 0 aliphatic heterocycles. The third-order valence-corrected chi connectivity index (χ3v) is 6.11. The third kappa shape index (κ3) is 12.1. The van der Waals surface area contributed by atoms with Crippen molar-refractivity contribution in [2.24, 2.45) is 0 Å². The zero-order valence-electron chi connectivity index (χ0n) is 21.4. The second-order valence-electron chi connectivity index (χ2n) is 9.19. The number of benzene rings is 1. The van der Waals surface area contributed by atoms with E-state index in [-0.39, 0.29) is 5.97 Å². The lowest BCUT2D eigenvalue weighted by Gasteiger charge is -2.05. The molecule has 4 heteroatoms. The van der Waals surface area contributed by atoms with Crippen LogP contribution in [0.5, 0.6) is 5.75 Å². The molecule has 2 aromatic rings. The summed E-state index contributed by atoms with van der Waals surface area (Å²) in [6, 6.07) is 8.46. The molecule has 34 heavy (non-hydrogen) atoms. The van der Waals surface area contributed by atoms with Gasteiger partial charge in [0.05, 0.1) is 12.4 Å². The topological polar surface area (TPSA) is 52.1 Å². The summed E-state index contributed by atoms with van der Waals surface area (Å²) in [6.45, 7) is 4.49. The van der Waals surface area contributed by atoms with Gasteiger partial charge in [0.15, 0.2) is 11.6 Å². The average molecular weight is 465 g/mol. The lowest BCUT2D eigenvalue weighted by molar-refractivity contribution is -0.129. The van der Waals surface area contributed by atoms with Crippen molar-refractivity contribution in [1.29, 1.82) is 0 Å². The van der Waals surface area contributed by atoms with E-state index in [1.54, 1.807) is 12.4 Å². The van der Waals surface area contributed by atoms with Crippen molar-refractivity contribution in [3.05, 3.63) is 54.4 Å². The number of ether oxygens (including phenoxy) is 1. The molecule has 1 aromatic heterocycles. The molecule has 0 atom stereocenters. The van der Waals surface area contributed by atoms with Crippen LogP contribution in [0.3, 0.4) is 0 Å². The van der Waals surface area contributed by atoms with Crippen LogP contribution < -0.4 is 4.74 Å². The fourth-order valence-electron chi connectivity index (χ4n) is 4.00. The number of aromatic nitrogens is 2. The van der Waals surface area contributed by atoms with E-state index in [1.807, 2.05) is 6.08 Å². The Hall–Kier alpha value is -2.49. The molecule has 0 saturated heterocycles. The van der Waals surface area contributed by atoms with Crippen LogP contribution in [0.15, 0.2) is 48.8 Å². The summed E-state index contributed by atoms with van der Waals surface area (Å²) in [5.41, 5.74) is 2.33. The van der Waals surface area contributed by atoms with Crippen LogP contribution in [0.4, 0.5) is 0 Å². The summed E-state index contributed by atoms with van der Waals surface area (Å²) in [5.74, 6) is 0.632. The third-order valence-electron chi connectivity index (χ3n) is 6.11. The van der Waals surface area contributed by atoms with E-state index in [4.69, 9.17) is 4.74 Å². The number of hydrogen-bond donors (Lipinski definition) is 0. The summed E-state index contributed by atoms with van der Waals surface area (Å²) in [7, 11) is 0. The molecule has 0 aliphatic rings. The number of hydrogen-bond acceptors (Lipinski definition) is 4. The van der Waals surface area contributed by atoms with Crippen LogP contribution >= 0.6 is 0 Å². The van der Waals surface area contributed by atoms with Crippen LogP contribution in [-0.4, -0.2) is 15.9 Å². The van der Waals surface area contributed by atoms with E-state index in [1.165, 1.54) is 88.7 Å². The van der Waals surface area contributed by atoms with Gasteiger partial charge in [-0.05, 0) is 31.2 Å². The highest BCUT2D eigenvalue weighted by Crippen LogP contribution is 2.19. The molecule has 0 unspecified atom stereocenters. The van der Waals surface area contributed by atoms with E-state index in [2.05, 4.69) is 48.1 Å². The molecule has 1 heterocycles. The van der Waals surface area contributed by atoms with Crippen molar-refractivity contribution in [3.8, 4) is 17.1 Å². The van der Waals surface area contributed by atoms with Crippen molar-refractivity contribution >= 4 is 5.97 Å². The van der Waals surface area contributed by atoms with E-state index in [0.29, 0.717) is 11.6 Å². The Morgan fingerprint density at radius 1 is 0.765 bits per heavy atom. The smallest absolute Gasteiger partial charge is 0.335 e. The van der Waals surface area contributed by atoms with Crippen LogP contribution in [0.2, 0.25) is 0 Å². The first-order valence-electron chi connectivity index (χ1n) is 13.5. The summed E-state index contributed by atoms with van der Waals surface area (Å²) >= 11 is 0. The molecule has 0 fully saturated rings. The molecule has 0 amide bonds. The van der Waals surface area contributed by atoms with Gasteiger partial charge in [-0.1, -0.05) is 115 Å². The van der Waals surface area contributed by atoms with E-state index < -0.39 is 0 Å². The molecule has 0 spiro atoms. The number of allylic oxidation sites excluding steroid dienone is 1. The molecule has 4 nitrogen and oxygen atoms in total. The second kappa shape index (κ2) is 17.9. The van der Waals surface area contributed by atoms with E-state index in [0.717, 1.165) is 24.8 Å². The van der Waals surface area contributed by atoms with Gasteiger partial charge in [-0.2, -0.15) is 0 Å². The van der Waals surface area contributed by atoms with Gasteiger partial charge in [0.25, 0.3) is 0 Å². The Labute approximate surface area is 207 Å². The molecule has 0 radical (unpaired) electrons. The van der Waals surface area contributed by atoms with Gasteiger partial charge < -0.3 is 4.74 Å². The molecular weight excluding hydrogens is 420 g/mol. The molecule has 1 aromatic carbocycles. The van der Waals surface area contributed by atoms with Crippen molar-refractivity contribution in [3.63, 3.8) is 0 Å². The van der Waals surface area contributed by atoms with Crippen LogP contribution in [0, 0.1) is 0 Å². The Bertz CT molecular complexity index is 813. The van der Waals surface area contributed by atoms with Gasteiger partial charge in [0.2, 0.25) is 0 Å². The predicted molar refractivity (Wildman–Crippen MR) is 142 cm³/mol. The SMILES string of the molecule is CCCCCCCCCC=CC(=O)Oc1cnc(-c2ccc(CCCCCCCC)cc2)nc1. The number of rotatable bonds is 18. The molecular formula is C30H44N2O2. The quantitative estimate of drug-likeness (QED) is 0.126. The van der Waals surface area contributed by atoms with Crippen LogP contribution in [0.1, 0.15) is 109 Å². The van der Waals surface area contributed by atoms with Crippen LogP contribution in [0.25, 0.3) is 11.4 Å². The standard InChI is InChI=1S/C30H44N2O2/c1-3-5-7-9-11-12-13-15-17-19-29(33)34-28-24-31-30(32-25-28)27-22-20-26(21-23-27)18-16-14-10-8-6-4-2/h17,19-25H,3-16,18H2,1-2H3. The van der Waals surface area contributed by atoms with Crippen LogP contribution in [-0.2, 0) is 11.2 Å². The zero-order chi connectivity index (χ0) is 24.3. The van der Waals surface area contributed by atoms with Gasteiger partial charge in [-0.3, -0.25) is 0 Å². The highest BCUT2D eigenvalue weighted by Gasteiger charge is 2.05. The first-order chi connectivity index (χ1) is 16.7. The fraction of sp³-hybridized carbons (Fsp3) is 0.567. The molecule has 0 aliphatic carbocycles. The summed E-state index contributed by atoms with van der Waals surface area (Å²) in [6.07, 6.45) is 25.3. The Morgan fingerprint density at radius 3 is 1.94 bits per heavy atom. The maximum absolute atomic E-state index is 12.0. The number of nitrogens with zero attached hydrogens (tertiary/aromatic N) is 2. The Balaban J connectivity index is 1.67. The minimum Gasteiger partial charge on any atom is -0.420 e. The highest BCUT2D eigenvalue weighted by molar-refractivity contribution is 5.83. The first kappa shape index (κ1) is 27.8. The predicted octanol–water partition coefficient (Wildman–Crippen LogP) is 8.65. The minimum absolute atomic E-state index is 0.369. The second-order valence-corrected chi connectivity index (χ2v) is 9.19. The van der Waals surface area contributed by atoms with Gasteiger partial charge in [-0.25, -0.2) is 14.8 Å². The maximum Gasteiger partial charge on any atom is 0.335 e. The van der Waals surface area contributed by atoms with Gasteiger partial charge >= 0.3 is 5.97 Å². The minimum atomic E-state index is -0.377. The number of carbonyl (C=O) groups is 1. The lowest BCUT2D eigenvalue weighted by atomic mass is 10.0. The molecule has 0 bridgehead atoms. The van der Waals surface area contributed by atoms with Crippen molar-refractivity contribution in [1.82, 2.24) is 9.97 Å². The summed E-state index contributed by atoms with van der Waals surface area (Å²) in [5, 5.41) is 0. The summed E-state index contributed by atoms with van der Waals surface area (Å²) in [4.78, 5) is 20.8. The van der Waals surface area contributed by atoms with E-state index >= 15 is 0 Å². The molecule has 0 N–H and O–H groups in total. The molecule has 2 rings (SSSR count). The number of esters is 1. The highest BCUT2D eigenvalue weighted by atomic mass is 16.5. The lowest BCUT2D eigenvalue weighted by Crippen LogP contribution is -2.04. The number of aryl methyl sites for hydroxylation is 1.